The summed E-state index contributed by atoms with van der Waals surface area (Å²) in [6.07, 6.45) is 4.67. The monoisotopic (exact) mass is 199 g/mol. The molecule has 4 heteroatoms. The van der Waals surface area contributed by atoms with E-state index in [1.165, 1.54) is 6.20 Å². The first kappa shape index (κ1) is 9.33. The average Bonchev–Trinajstić information content (AvgIpc) is 2.30. The van der Waals surface area contributed by atoms with Crippen LogP contribution in [0.15, 0.2) is 42.9 Å². The molecule has 0 spiro atoms. The van der Waals surface area contributed by atoms with Gasteiger partial charge in [0.15, 0.2) is 5.78 Å². The van der Waals surface area contributed by atoms with Gasteiger partial charge in [-0.25, -0.2) is 4.98 Å². The molecule has 0 amide bonds. The van der Waals surface area contributed by atoms with Crippen molar-refractivity contribution in [2.24, 2.45) is 0 Å². The minimum Gasteiger partial charge on any atom is -0.383 e. The normalized spacial score (nSPS) is 9.87. The van der Waals surface area contributed by atoms with E-state index in [0.717, 1.165) is 0 Å². The largest absolute Gasteiger partial charge is 0.383 e. The Morgan fingerprint density at radius 1 is 1.20 bits per heavy atom. The van der Waals surface area contributed by atoms with Crippen LogP contribution in [0.4, 0.5) is 5.82 Å². The van der Waals surface area contributed by atoms with Crippen molar-refractivity contribution in [1.29, 1.82) is 0 Å². The molecule has 0 radical (unpaired) electrons. The van der Waals surface area contributed by atoms with E-state index in [2.05, 4.69) is 9.97 Å². The van der Waals surface area contributed by atoms with Gasteiger partial charge >= 0.3 is 0 Å². The second kappa shape index (κ2) is 3.88. The molecular weight excluding hydrogens is 190 g/mol. The number of nitrogen functional groups attached to an aromatic ring is 1. The Labute approximate surface area is 86.8 Å². The molecule has 2 aromatic rings. The van der Waals surface area contributed by atoms with Crippen molar-refractivity contribution in [3.63, 3.8) is 0 Å². The first-order valence-corrected chi connectivity index (χ1v) is 4.44. The fourth-order valence-electron chi connectivity index (χ4n) is 1.26. The topological polar surface area (TPSA) is 68.9 Å². The van der Waals surface area contributed by atoms with Gasteiger partial charge in [-0.15, -0.1) is 0 Å². The number of hydrogen-bond acceptors (Lipinski definition) is 4. The van der Waals surface area contributed by atoms with Gasteiger partial charge in [0.05, 0.1) is 5.56 Å². The van der Waals surface area contributed by atoms with Crippen molar-refractivity contribution in [2.45, 2.75) is 0 Å². The molecule has 2 rings (SSSR count). The van der Waals surface area contributed by atoms with Crippen LogP contribution in [-0.4, -0.2) is 15.8 Å². The highest BCUT2D eigenvalue weighted by Gasteiger charge is 2.11. The maximum atomic E-state index is 11.9. The number of hydrogen-bond donors (Lipinski definition) is 1. The third kappa shape index (κ3) is 1.83. The van der Waals surface area contributed by atoms with E-state index >= 15 is 0 Å². The van der Waals surface area contributed by atoms with E-state index in [4.69, 9.17) is 5.73 Å². The number of ketones is 1. The van der Waals surface area contributed by atoms with Crippen LogP contribution in [0.2, 0.25) is 0 Å². The molecule has 74 valence electrons. The van der Waals surface area contributed by atoms with Crippen LogP contribution in [0.5, 0.6) is 0 Å². The SMILES string of the molecule is Nc1ncccc1C(=O)c1cccnc1. The van der Waals surface area contributed by atoms with Gasteiger partial charge in [0, 0.05) is 24.2 Å². The van der Waals surface area contributed by atoms with Crippen LogP contribution in [0.1, 0.15) is 15.9 Å². The highest BCUT2D eigenvalue weighted by atomic mass is 16.1. The summed E-state index contributed by atoms with van der Waals surface area (Å²) in [6, 6.07) is 6.74. The van der Waals surface area contributed by atoms with Crippen molar-refractivity contribution >= 4 is 11.6 Å². The standard InChI is InChI=1S/C11H9N3O/c12-11-9(4-2-6-14-11)10(15)8-3-1-5-13-7-8/h1-7H,(H2,12,14). The number of nitrogens with two attached hydrogens (primary N) is 1. The average molecular weight is 199 g/mol. The lowest BCUT2D eigenvalue weighted by Crippen LogP contribution is -2.06. The van der Waals surface area contributed by atoms with Gasteiger partial charge in [0.25, 0.3) is 0 Å². The minimum atomic E-state index is -0.159. The highest BCUT2D eigenvalue weighted by Crippen LogP contribution is 2.12. The van der Waals surface area contributed by atoms with Crippen molar-refractivity contribution in [3.05, 3.63) is 54.0 Å². The molecule has 2 N–H and O–H groups in total. The Kier molecular flexibility index (Phi) is 2.41. The fourth-order valence-corrected chi connectivity index (χ4v) is 1.26. The lowest BCUT2D eigenvalue weighted by molar-refractivity contribution is 0.103. The predicted octanol–water partition coefficient (Wildman–Crippen LogP) is 1.29. The molecule has 0 aliphatic carbocycles. The summed E-state index contributed by atoms with van der Waals surface area (Å²) < 4.78 is 0. The third-order valence-electron chi connectivity index (χ3n) is 2.01. The van der Waals surface area contributed by atoms with Crippen molar-refractivity contribution < 1.29 is 4.79 Å². The number of nitrogens with zero attached hydrogens (tertiary/aromatic N) is 2. The Morgan fingerprint density at radius 3 is 2.67 bits per heavy atom. The minimum absolute atomic E-state index is 0.159. The number of carbonyl (C=O) groups excluding carboxylic acids is 1. The van der Waals surface area contributed by atoms with Crippen LogP contribution < -0.4 is 5.73 Å². The second-order valence-corrected chi connectivity index (χ2v) is 3.01. The van der Waals surface area contributed by atoms with Gasteiger partial charge in [0.1, 0.15) is 5.82 Å². The van der Waals surface area contributed by atoms with Crippen molar-refractivity contribution in [3.8, 4) is 0 Å². The van der Waals surface area contributed by atoms with E-state index in [1.807, 2.05) is 0 Å². The third-order valence-corrected chi connectivity index (χ3v) is 2.01. The number of rotatable bonds is 2. The van der Waals surface area contributed by atoms with E-state index in [-0.39, 0.29) is 11.6 Å². The van der Waals surface area contributed by atoms with Gasteiger partial charge in [-0.2, -0.15) is 0 Å². The quantitative estimate of drug-likeness (QED) is 0.740. The van der Waals surface area contributed by atoms with Gasteiger partial charge in [0.2, 0.25) is 0 Å². The van der Waals surface area contributed by atoms with Gasteiger partial charge in [-0.1, -0.05) is 0 Å². The summed E-state index contributed by atoms with van der Waals surface area (Å²) in [5.74, 6) is 0.0834. The van der Waals surface area contributed by atoms with Crippen LogP contribution >= 0.6 is 0 Å². The zero-order chi connectivity index (χ0) is 10.7. The summed E-state index contributed by atoms with van der Waals surface area (Å²) in [5.41, 5.74) is 6.53. The van der Waals surface area contributed by atoms with E-state index < -0.39 is 0 Å². The Hall–Kier alpha value is -2.23. The molecule has 0 aromatic carbocycles. The van der Waals surface area contributed by atoms with Crippen LogP contribution in [0, 0.1) is 0 Å². The molecule has 4 nitrogen and oxygen atoms in total. The molecule has 0 unspecified atom stereocenters. The second-order valence-electron chi connectivity index (χ2n) is 3.01. The number of carbonyl (C=O) groups is 1. The number of pyridine rings is 2. The van der Waals surface area contributed by atoms with Crippen LogP contribution in [-0.2, 0) is 0 Å². The molecule has 15 heavy (non-hydrogen) atoms. The number of aromatic nitrogens is 2. The highest BCUT2D eigenvalue weighted by molar-refractivity contribution is 6.11. The Balaban J connectivity index is 2.42. The molecule has 0 bridgehead atoms. The summed E-state index contributed by atoms with van der Waals surface area (Å²) in [5, 5.41) is 0. The van der Waals surface area contributed by atoms with E-state index in [0.29, 0.717) is 11.1 Å². The molecule has 2 heterocycles. The summed E-state index contributed by atoms with van der Waals surface area (Å²) in [6.45, 7) is 0. The van der Waals surface area contributed by atoms with E-state index in [1.54, 1.807) is 36.7 Å². The first-order valence-electron chi connectivity index (χ1n) is 4.44. The lowest BCUT2D eigenvalue weighted by Gasteiger charge is -2.02. The van der Waals surface area contributed by atoms with Gasteiger partial charge in [-0.05, 0) is 24.3 Å². The molecule has 0 saturated carbocycles. The zero-order valence-corrected chi connectivity index (χ0v) is 7.92. The predicted molar refractivity (Wildman–Crippen MR) is 56.3 cm³/mol. The zero-order valence-electron chi connectivity index (χ0n) is 7.92. The van der Waals surface area contributed by atoms with Gasteiger partial charge in [-0.3, -0.25) is 9.78 Å². The molecule has 0 atom stereocenters. The Bertz CT molecular complexity index is 482. The van der Waals surface area contributed by atoms with E-state index in [9.17, 15) is 4.79 Å². The smallest absolute Gasteiger partial charge is 0.198 e. The molecule has 0 fully saturated rings. The maximum absolute atomic E-state index is 11.9. The molecular formula is C11H9N3O. The maximum Gasteiger partial charge on any atom is 0.198 e. The molecule has 0 aliphatic rings. The fraction of sp³-hybridized carbons (Fsp3) is 0. The summed E-state index contributed by atoms with van der Waals surface area (Å²) in [4.78, 5) is 19.6. The first-order chi connectivity index (χ1) is 7.29. The number of anilines is 1. The summed E-state index contributed by atoms with van der Waals surface area (Å²) in [7, 11) is 0. The molecule has 0 aliphatic heterocycles. The summed E-state index contributed by atoms with van der Waals surface area (Å²) >= 11 is 0. The van der Waals surface area contributed by atoms with Gasteiger partial charge < -0.3 is 5.73 Å². The molecule has 0 saturated heterocycles. The molecule has 2 aromatic heterocycles. The lowest BCUT2D eigenvalue weighted by atomic mass is 10.1. The van der Waals surface area contributed by atoms with Crippen molar-refractivity contribution in [1.82, 2.24) is 9.97 Å². The van der Waals surface area contributed by atoms with Crippen molar-refractivity contribution in [2.75, 3.05) is 5.73 Å². The van der Waals surface area contributed by atoms with Crippen LogP contribution in [0.3, 0.4) is 0 Å². The van der Waals surface area contributed by atoms with Crippen LogP contribution in [0.25, 0.3) is 0 Å². The Morgan fingerprint density at radius 2 is 2.00 bits per heavy atom.